The molecule has 0 heterocycles. The molecule has 0 aromatic rings. The van der Waals surface area contributed by atoms with E-state index in [9.17, 15) is 9.59 Å². The maximum Gasteiger partial charge on any atom is 0.333 e. The van der Waals surface area contributed by atoms with Crippen LogP contribution in [0.15, 0.2) is 24.8 Å². The predicted octanol–water partition coefficient (Wildman–Crippen LogP) is 8.62. The van der Waals surface area contributed by atoms with Gasteiger partial charge in [0.25, 0.3) is 0 Å². The van der Waals surface area contributed by atoms with Gasteiger partial charge < -0.3 is 18.9 Å². The van der Waals surface area contributed by atoms with Crippen molar-refractivity contribution >= 4 is 11.9 Å². The first-order valence-electron chi connectivity index (χ1n) is 18.0. The molecule has 0 aliphatic heterocycles. The number of ether oxygens (including phenoxy) is 4. The highest BCUT2D eigenvalue weighted by atomic mass is 16.5. The van der Waals surface area contributed by atoms with Crippen molar-refractivity contribution in [3.05, 3.63) is 24.8 Å². The Labute approximate surface area is 268 Å². The van der Waals surface area contributed by atoms with Gasteiger partial charge in [-0.05, 0) is 144 Å². The maximum atomic E-state index is 11.8. The zero-order valence-corrected chi connectivity index (χ0v) is 28.2. The number of rotatable bonds is 14. The van der Waals surface area contributed by atoms with Crippen LogP contribution >= 0.6 is 0 Å². The minimum atomic E-state index is -0.307. The maximum absolute atomic E-state index is 11.8. The van der Waals surface area contributed by atoms with E-state index in [1.807, 2.05) is 0 Å². The van der Waals surface area contributed by atoms with Crippen molar-refractivity contribution in [2.75, 3.05) is 26.4 Å². The number of carbonyl (C=O) groups excluding carboxylic acids is 2. The molecule has 4 aliphatic rings. The molecule has 0 N–H and O–H groups in total. The molecule has 4 saturated carbocycles. The topological polar surface area (TPSA) is 71.1 Å². The van der Waals surface area contributed by atoms with Crippen LogP contribution in [0.25, 0.3) is 0 Å². The third-order valence-corrected chi connectivity index (χ3v) is 11.9. The van der Waals surface area contributed by atoms with E-state index >= 15 is 0 Å². The second-order valence-corrected chi connectivity index (χ2v) is 15.4. The number of hydrogen-bond donors (Lipinski definition) is 0. The number of esters is 2. The molecule has 0 aromatic heterocycles. The van der Waals surface area contributed by atoms with Gasteiger partial charge in [-0.1, -0.05) is 33.4 Å². The summed E-state index contributed by atoms with van der Waals surface area (Å²) in [6.07, 6.45) is 21.3. The first-order chi connectivity index (χ1) is 21.1. The smallest absolute Gasteiger partial charge is 0.333 e. The van der Waals surface area contributed by atoms with Crippen LogP contribution in [0.5, 0.6) is 0 Å². The lowest BCUT2D eigenvalue weighted by Crippen LogP contribution is -2.39. The molecule has 4 rings (SSSR count). The van der Waals surface area contributed by atoms with Gasteiger partial charge in [0.1, 0.15) is 0 Å². The van der Waals surface area contributed by atoms with Gasteiger partial charge in [-0.2, -0.15) is 0 Å². The lowest BCUT2D eigenvalue weighted by molar-refractivity contribution is -0.141. The fourth-order valence-corrected chi connectivity index (χ4v) is 8.67. The molecule has 6 nitrogen and oxygen atoms in total. The zero-order chi connectivity index (χ0) is 31.5. The second-order valence-electron chi connectivity index (χ2n) is 15.4. The van der Waals surface area contributed by atoms with E-state index in [-0.39, 0.29) is 11.9 Å². The van der Waals surface area contributed by atoms with Crippen LogP contribution in [-0.2, 0) is 28.5 Å². The van der Waals surface area contributed by atoms with Crippen molar-refractivity contribution in [3.8, 4) is 0 Å². The standard InChI is InChI=1S/C38H62O6/c1-6-36(39)43-24-29-12-10-28(11-13-29)23-41-34-18-14-32(15-19-34)38(4,5)33-16-20-35(21-17-33)42-25-30-8-7-9-31(22-30)26-44-37(40)27(2)3/h6,28-35H,1-2,7-26H2,3-5H3. The van der Waals surface area contributed by atoms with Crippen LogP contribution < -0.4 is 0 Å². The molecule has 44 heavy (non-hydrogen) atoms. The van der Waals surface area contributed by atoms with Crippen molar-refractivity contribution in [2.24, 2.45) is 40.9 Å². The summed E-state index contributed by atoms with van der Waals surface area (Å²) in [5, 5.41) is 0. The fourth-order valence-electron chi connectivity index (χ4n) is 8.67. The summed E-state index contributed by atoms with van der Waals surface area (Å²) >= 11 is 0. The van der Waals surface area contributed by atoms with Crippen LogP contribution in [0.4, 0.5) is 0 Å². The van der Waals surface area contributed by atoms with E-state index in [1.54, 1.807) is 6.92 Å². The van der Waals surface area contributed by atoms with E-state index in [2.05, 4.69) is 27.0 Å². The lowest BCUT2D eigenvalue weighted by Gasteiger charge is -2.47. The van der Waals surface area contributed by atoms with Crippen LogP contribution in [0.3, 0.4) is 0 Å². The van der Waals surface area contributed by atoms with E-state index in [0.29, 0.717) is 60.1 Å². The fraction of sp³-hybridized carbons (Fsp3) is 0.842. The van der Waals surface area contributed by atoms with Gasteiger partial charge in [-0.25, -0.2) is 9.59 Å². The summed E-state index contributed by atoms with van der Waals surface area (Å²) in [5.74, 6) is 3.20. The van der Waals surface area contributed by atoms with Crippen molar-refractivity contribution < 1.29 is 28.5 Å². The van der Waals surface area contributed by atoms with Gasteiger partial charge in [0, 0.05) is 24.9 Å². The summed E-state index contributed by atoms with van der Waals surface area (Å²) in [6.45, 7) is 16.8. The van der Waals surface area contributed by atoms with Crippen molar-refractivity contribution in [1.29, 1.82) is 0 Å². The monoisotopic (exact) mass is 614 g/mol. The Balaban J connectivity index is 1.08. The Morgan fingerprint density at radius 2 is 1.11 bits per heavy atom. The Kier molecular flexibility index (Phi) is 13.8. The number of hydrogen-bond acceptors (Lipinski definition) is 6. The summed E-state index contributed by atoms with van der Waals surface area (Å²) in [7, 11) is 0. The predicted molar refractivity (Wildman–Crippen MR) is 175 cm³/mol. The van der Waals surface area contributed by atoms with Crippen molar-refractivity contribution in [3.63, 3.8) is 0 Å². The highest BCUT2D eigenvalue weighted by Gasteiger charge is 2.41. The largest absolute Gasteiger partial charge is 0.462 e. The van der Waals surface area contributed by atoms with Crippen LogP contribution in [0.2, 0.25) is 0 Å². The van der Waals surface area contributed by atoms with E-state index < -0.39 is 0 Å². The second kappa shape index (κ2) is 17.3. The third kappa shape index (κ3) is 10.7. The molecule has 250 valence electrons. The van der Waals surface area contributed by atoms with Gasteiger partial charge in [0.2, 0.25) is 0 Å². The van der Waals surface area contributed by atoms with Gasteiger partial charge in [-0.15, -0.1) is 0 Å². The molecule has 4 aliphatic carbocycles. The molecular formula is C38H62O6. The minimum absolute atomic E-state index is 0.263. The Morgan fingerprint density at radius 3 is 1.61 bits per heavy atom. The van der Waals surface area contributed by atoms with Gasteiger partial charge in [0.05, 0.1) is 25.4 Å². The molecule has 0 amide bonds. The molecule has 0 spiro atoms. The molecule has 4 fully saturated rings. The Bertz CT molecular complexity index is 918. The van der Waals surface area contributed by atoms with Crippen LogP contribution in [0, 0.1) is 40.9 Å². The average Bonchev–Trinajstić information content (AvgIpc) is 3.05. The van der Waals surface area contributed by atoms with Gasteiger partial charge in [0.15, 0.2) is 0 Å². The molecule has 0 bridgehead atoms. The van der Waals surface area contributed by atoms with Crippen LogP contribution in [0.1, 0.15) is 124 Å². The molecular weight excluding hydrogens is 552 g/mol. The quantitative estimate of drug-likeness (QED) is 0.144. The highest BCUT2D eigenvalue weighted by molar-refractivity contribution is 5.86. The van der Waals surface area contributed by atoms with Crippen molar-refractivity contribution in [2.45, 2.75) is 136 Å². The summed E-state index contributed by atoms with van der Waals surface area (Å²) in [4.78, 5) is 23.1. The Hall–Kier alpha value is -1.66. The highest BCUT2D eigenvalue weighted by Crippen LogP contribution is 2.49. The van der Waals surface area contributed by atoms with Gasteiger partial charge >= 0.3 is 11.9 Å². The normalized spacial score (nSPS) is 33.2. The van der Waals surface area contributed by atoms with Crippen molar-refractivity contribution in [1.82, 2.24) is 0 Å². The molecule has 0 saturated heterocycles. The molecule has 2 unspecified atom stereocenters. The van der Waals surface area contributed by atoms with E-state index in [4.69, 9.17) is 18.9 Å². The summed E-state index contributed by atoms with van der Waals surface area (Å²) < 4.78 is 23.7. The average molecular weight is 615 g/mol. The van der Waals surface area contributed by atoms with Crippen LogP contribution in [-0.4, -0.2) is 50.6 Å². The van der Waals surface area contributed by atoms with E-state index in [0.717, 1.165) is 50.7 Å². The molecule has 2 atom stereocenters. The first-order valence-corrected chi connectivity index (χ1v) is 18.0. The van der Waals surface area contributed by atoms with Gasteiger partial charge in [-0.3, -0.25) is 0 Å². The third-order valence-electron chi connectivity index (χ3n) is 11.9. The zero-order valence-electron chi connectivity index (χ0n) is 28.2. The molecule has 6 heteroatoms. The minimum Gasteiger partial charge on any atom is -0.462 e. The number of carbonyl (C=O) groups is 2. The molecule has 0 radical (unpaired) electrons. The van der Waals surface area contributed by atoms with E-state index in [1.165, 1.54) is 83.1 Å². The molecule has 0 aromatic carbocycles. The summed E-state index contributed by atoms with van der Waals surface area (Å²) in [6, 6.07) is 0. The SMILES string of the molecule is C=CC(=O)OCC1CCC(COC2CCC(C(C)(C)C3CCC(OCC4CCCC(COC(=O)C(=C)C)C4)CC3)CC2)CC1. The summed E-state index contributed by atoms with van der Waals surface area (Å²) in [5.41, 5.74) is 0.857. The first kappa shape index (κ1) is 35.2. The lowest BCUT2D eigenvalue weighted by atomic mass is 9.60. The Morgan fingerprint density at radius 1 is 0.659 bits per heavy atom.